The van der Waals surface area contributed by atoms with E-state index in [-0.39, 0.29) is 11.8 Å². The normalized spacial score (nSPS) is 22.7. The average Bonchev–Trinajstić information content (AvgIpc) is 3.45. The van der Waals surface area contributed by atoms with Crippen LogP contribution < -0.4 is 5.32 Å². The van der Waals surface area contributed by atoms with Crippen LogP contribution in [0.1, 0.15) is 10.4 Å². The number of thiophene rings is 1. The molecule has 4 rings (SSSR count). The summed E-state index contributed by atoms with van der Waals surface area (Å²) in [6.45, 7) is 4.42. The summed E-state index contributed by atoms with van der Waals surface area (Å²) in [7, 11) is 0. The molecule has 2 aromatic heterocycles. The number of rotatable bonds is 6. The fourth-order valence-corrected chi connectivity index (χ4v) is 4.67. The molecule has 32 heavy (non-hydrogen) atoms. The molecule has 7 nitrogen and oxygen atoms in total. The van der Waals surface area contributed by atoms with E-state index in [4.69, 9.17) is 14.6 Å². The first kappa shape index (κ1) is 24.1. The zero-order valence-electron chi connectivity index (χ0n) is 17.2. The molecule has 0 saturated carbocycles. The van der Waals surface area contributed by atoms with Gasteiger partial charge in [-0.2, -0.15) is 13.2 Å². The average molecular weight is 472 g/mol. The molecule has 0 bridgehead atoms. The number of pyridine rings is 1. The summed E-state index contributed by atoms with van der Waals surface area (Å²) < 4.78 is 37.4. The Kier molecular flexibility index (Phi) is 7.86. The molecule has 2 N–H and O–H groups in total. The zero-order valence-corrected chi connectivity index (χ0v) is 18.0. The van der Waals surface area contributed by atoms with Gasteiger partial charge in [0.15, 0.2) is 0 Å². The fourth-order valence-electron chi connectivity index (χ4n) is 3.96. The molecule has 0 radical (unpaired) electrons. The molecule has 2 atom stereocenters. The molecular formula is C21H24F3N3O4S. The Morgan fingerprint density at radius 2 is 2.12 bits per heavy atom. The van der Waals surface area contributed by atoms with Crippen LogP contribution in [0.5, 0.6) is 0 Å². The third kappa shape index (κ3) is 6.05. The molecule has 0 aromatic carbocycles. The Morgan fingerprint density at radius 1 is 1.34 bits per heavy atom. The van der Waals surface area contributed by atoms with E-state index >= 15 is 0 Å². The Bertz CT molecular complexity index is 895. The number of nitrogens with one attached hydrogen (secondary N) is 1. The van der Waals surface area contributed by atoms with Crippen LogP contribution in [0.4, 0.5) is 13.2 Å². The number of amides is 1. The van der Waals surface area contributed by atoms with Gasteiger partial charge < -0.3 is 15.2 Å². The topological polar surface area (TPSA) is 91.8 Å². The van der Waals surface area contributed by atoms with E-state index < -0.39 is 17.6 Å². The van der Waals surface area contributed by atoms with Crippen molar-refractivity contribution in [2.45, 2.75) is 19.1 Å². The van der Waals surface area contributed by atoms with Gasteiger partial charge in [-0.1, -0.05) is 12.1 Å². The predicted octanol–water partition coefficient (Wildman–Crippen LogP) is 2.58. The van der Waals surface area contributed by atoms with Crippen LogP contribution in [0.15, 0.2) is 42.0 Å². The first-order valence-corrected chi connectivity index (χ1v) is 10.9. The number of carboxylic acids is 1. The smallest absolute Gasteiger partial charge is 0.475 e. The Labute approximate surface area is 187 Å². The van der Waals surface area contributed by atoms with Crippen LogP contribution in [-0.4, -0.2) is 65.9 Å². The third-order valence-electron chi connectivity index (χ3n) is 5.51. The second kappa shape index (κ2) is 10.4. The maximum absolute atomic E-state index is 12.9. The lowest BCUT2D eigenvalue weighted by Gasteiger charge is -2.26. The predicted molar refractivity (Wildman–Crippen MR) is 111 cm³/mol. The summed E-state index contributed by atoms with van der Waals surface area (Å²) in [5, 5.41) is 12.4. The molecular weight excluding hydrogens is 447 g/mol. The van der Waals surface area contributed by atoms with Crippen LogP contribution in [0.2, 0.25) is 0 Å². The van der Waals surface area contributed by atoms with Gasteiger partial charge in [0, 0.05) is 49.4 Å². The molecule has 2 aromatic rings. The standard InChI is InChI=1S/C19H23N3O2S.C2HF3O2/c23-18(21-7-5-17-4-2-8-25-17)19-13-22(11-16(19)12-24-14-19)10-15-3-1-6-20-9-15;3-2(4,5)1(6)7/h1-4,6,8-9,16H,5,7,10-14H2,(H,21,23);(H,6,7)/t16-,19-;/m1./s1. The molecule has 2 aliphatic rings. The van der Waals surface area contributed by atoms with Gasteiger partial charge in [0.1, 0.15) is 0 Å². The maximum atomic E-state index is 12.9. The van der Waals surface area contributed by atoms with Crippen LogP contribution in [-0.2, 0) is 27.3 Å². The van der Waals surface area contributed by atoms with E-state index in [0.717, 1.165) is 26.1 Å². The van der Waals surface area contributed by atoms with Crippen molar-refractivity contribution in [2.24, 2.45) is 11.3 Å². The SMILES string of the molecule is O=C(NCCc1cccs1)[C@]12COC[C@H]1CN(Cc1cccnc1)C2.O=C(O)C(F)(F)F. The number of ether oxygens (including phenoxy) is 1. The van der Waals surface area contributed by atoms with Crippen molar-refractivity contribution >= 4 is 23.2 Å². The first-order valence-electron chi connectivity index (χ1n) is 10.0. The largest absolute Gasteiger partial charge is 0.490 e. The minimum absolute atomic E-state index is 0.153. The van der Waals surface area contributed by atoms with Crippen molar-refractivity contribution in [3.8, 4) is 0 Å². The number of carbonyl (C=O) groups is 2. The van der Waals surface area contributed by atoms with E-state index in [2.05, 4.69) is 38.8 Å². The van der Waals surface area contributed by atoms with Gasteiger partial charge in [-0.05, 0) is 29.5 Å². The lowest BCUT2D eigenvalue weighted by molar-refractivity contribution is -0.192. The molecule has 0 aliphatic carbocycles. The molecule has 0 spiro atoms. The molecule has 174 valence electrons. The first-order chi connectivity index (χ1) is 15.2. The number of aliphatic carboxylic acids is 1. The Hall–Kier alpha value is -2.50. The number of fused-ring (bicyclic) bond motifs is 1. The van der Waals surface area contributed by atoms with E-state index in [9.17, 15) is 18.0 Å². The molecule has 1 amide bonds. The van der Waals surface area contributed by atoms with Crippen molar-refractivity contribution in [2.75, 3.05) is 32.8 Å². The van der Waals surface area contributed by atoms with Crippen LogP contribution in [0, 0.1) is 11.3 Å². The minimum Gasteiger partial charge on any atom is -0.475 e. The molecule has 2 saturated heterocycles. The minimum atomic E-state index is -5.08. The van der Waals surface area contributed by atoms with Crippen LogP contribution in [0.3, 0.4) is 0 Å². The zero-order chi connectivity index (χ0) is 23.2. The van der Waals surface area contributed by atoms with E-state index in [1.165, 1.54) is 10.4 Å². The Balaban J connectivity index is 0.000000360. The van der Waals surface area contributed by atoms with Gasteiger partial charge in [-0.25, -0.2) is 4.79 Å². The highest BCUT2D eigenvalue weighted by Crippen LogP contribution is 2.42. The van der Waals surface area contributed by atoms with E-state index in [1.54, 1.807) is 17.5 Å². The summed E-state index contributed by atoms with van der Waals surface area (Å²) in [6.07, 6.45) is -0.499. The van der Waals surface area contributed by atoms with Crippen molar-refractivity contribution in [1.29, 1.82) is 0 Å². The third-order valence-corrected chi connectivity index (χ3v) is 6.44. The monoisotopic (exact) mass is 471 g/mol. The number of nitrogens with zero attached hydrogens (tertiary/aromatic N) is 2. The quantitative estimate of drug-likeness (QED) is 0.673. The van der Waals surface area contributed by atoms with Crippen molar-refractivity contribution < 1.29 is 32.6 Å². The van der Waals surface area contributed by atoms with Crippen LogP contribution >= 0.6 is 11.3 Å². The molecule has 2 fully saturated rings. The Morgan fingerprint density at radius 3 is 2.75 bits per heavy atom. The van der Waals surface area contributed by atoms with Gasteiger partial charge in [-0.15, -0.1) is 11.3 Å². The van der Waals surface area contributed by atoms with E-state index in [1.807, 2.05) is 12.3 Å². The summed E-state index contributed by atoms with van der Waals surface area (Å²) >= 11 is 1.74. The molecule has 0 unspecified atom stereocenters. The number of hydrogen-bond acceptors (Lipinski definition) is 6. The second-order valence-corrected chi connectivity index (χ2v) is 8.82. The van der Waals surface area contributed by atoms with Gasteiger partial charge in [0.25, 0.3) is 0 Å². The van der Waals surface area contributed by atoms with Crippen molar-refractivity contribution in [3.05, 3.63) is 52.5 Å². The number of carboxylic acid groups (broad SMARTS) is 1. The van der Waals surface area contributed by atoms with Gasteiger partial charge in [-0.3, -0.25) is 14.7 Å². The summed E-state index contributed by atoms with van der Waals surface area (Å²) in [5.41, 5.74) is 0.800. The number of hydrogen-bond donors (Lipinski definition) is 2. The number of likely N-dealkylation sites (tertiary alicyclic amines) is 1. The second-order valence-electron chi connectivity index (χ2n) is 7.79. The lowest BCUT2D eigenvalue weighted by atomic mass is 9.80. The van der Waals surface area contributed by atoms with Gasteiger partial charge >= 0.3 is 12.1 Å². The van der Waals surface area contributed by atoms with Crippen molar-refractivity contribution in [1.82, 2.24) is 15.2 Å². The summed E-state index contributed by atoms with van der Waals surface area (Å²) in [5.74, 6) is -2.32. The highest BCUT2D eigenvalue weighted by atomic mass is 32.1. The molecule has 4 heterocycles. The lowest BCUT2D eigenvalue weighted by Crippen LogP contribution is -2.47. The molecule has 11 heteroatoms. The highest BCUT2D eigenvalue weighted by Gasteiger charge is 2.55. The number of alkyl halides is 3. The fraction of sp³-hybridized carbons (Fsp3) is 0.476. The van der Waals surface area contributed by atoms with Crippen LogP contribution in [0.25, 0.3) is 0 Å². The maximum Gasteiger partial charge on any atom is 0.490 e. The van der Waals surface area contributed by atoms with E-state index in [0.29, 0.717) is 19.8 Å². The number of carbonyl (C=O) groups excluding carboxylic acids is 1. The van der Waals surface area contributed by atoms with Crippen molar-refractivity contribution in [3.63, 3.8) is 0 Å². The summed E-state index contributed by atoms with van der Waals surface area (Å²) in [6, 6.07) is 8.21. The molecule has 2 aliphatic heterocycles. The van der Waals surface area contributed by atoms with Gasteiger partial charge in [0.05, 0.1) is 18.6 Å². The highest BCUT2D eigenvalue weighted by molar-refractivity contribution is 7.09. The van der Waals surface area contributed by atoms with Gasteiger partial charge in [0.2, 0.25) is 5.91 Å². The number of aromatic nitrogens is 1. The number of halogens is 3. The summed E-state index contributed by atoms with van der Waals surface area (Å²) in [4.78, 5) is 29.7.